The van der Waals surface area contributed by atoms with Crippen molar-refractivity contribution in [1.82, 2.24) is 14.5 Å². The Morgan fingerprint density at radius 3 is 2.21 bits per heavy atom. The molecule has 7 heteroatoms. The smallest absolute Gasteiger partial charge is 0.241 e. The van der Waals surface area contributed by atoms with Crippen molar-refractivity contribution in [2.24, 2.45) is 5.92 Å². The van der Waals surface area contributed by atoms with E-state index < -0.39 is 10.0 Å². The molecule has 1 heterocycles. The Kier molecular flexibility index (Phi) is 6.78. The van der Waals surface area contributed by atoms with Crippen molar-refractivity contribution < 1.29 is 13.2 Å². The lowest BCUT2D eigenvalue weighted by Crippen LogP contribution is -2.52. The summed E-state index contributed by atoms with van der Waals surface area (Å²) >= 11 is 0. The van der Waals surface area contributed by atoms with Crippen LogP contribution in [-0.4, -0.2) is 62.4 Å². The fraction of sp³-hybridized carbons (Fsp3) is 0.667. The topological polar surface area (TPSA) is 69.7 Å². The minimum Gasteiger partial charge on any atom is -0.340 e. The number of aryl methyl sites for hydroxylation is 1. The van der Waals surface area contributed by atoms with Gasteiger partial charge in [0.15, 0.2) is 0 Å². The lowest BCUT2D eigenvalue weighted by Gasteiger charge is -2.39. The van der Waals surface area contributed by atoms with Crippen LogP contribution in [0.5, 0.6) is 0 Å². The molecule has 1 N–H and O–H groups in total. The van der Waals surface area contributed by atoms with Gasteiger partial charge in [-0.15, -0.1) is 0 Å². The number of hydrogen-bond acceptors (Lipinski definition) is 4. The predicted molar refractivity (Wildman–Crippen MR) is 111 cm³/mol. The number of carbonyl (C=O) groups is 1. The summed E-state index contributed by atoms with van der Waals surface area (Å²) in [5.41, 5.74) is 0.749. The van der Waals surface area contributed by atoms with E-state index in [2.05, 4.69) is 23.5 Å². The van der Waals surface area contributed by atoms with E-state index in [9.17, 15) is 13.2 Å². The molecule has 0 bridgehead atoms. The maximum Gasteiger partial charge on any atom is 0.241 e. The van der Waals surface area contributed by atoms with Crippen LogP contribution in [0.25, 0.3) is 0 Å². The van der Waals surface area contributed by atoms with Gasteiger partial charge in [0.25, 0.3) is 0 Å². The number of benzene rings is 1. The van der Waals surface area contributed by atoms with Crippen LogP contribution in [0.3, 0.4) is 0 Å². The van der Waals surface area contributed by atoms with Gasteiger partial charge in [-0.25, -0.2) is 13.1 Å². The molecule has 28 heavy (non-hydrogen) atoms. The lowest BCUT2D eigenvalue weighted by atomic mass is 9.85. The minimum absolute atomic E-state index is 0.0322. The Balaban J connectivity index is 1.51. The molecule has 1 aromatic carbocycles. The molecule has 1 saturated heterocycles. The largest absolute Gasteiger partial charge is 0.340 e. The molecular weight excluding hydrogens is 374 g/mol. The van der Waals surface area contributed by atoms with E-state index in [4.69, 9.17) is 0 Å². The molecule has 0 aromatic heterocycles. The highest BCUT2D eigenvalue weighted by molar-refractivity contribution is 7.89. The second-order valence-corrected chi connectivity index (χ2v) is 10.1. The van der Waals surface area contributed by atoms with Crippen LogP contribution >= 0.6 is 0 Å². The number of carbonyl (C=O) groups excluding carboxylic acids is 1. The van der Waals surface area contributed by atoms with E-state index in [0.29, 0.717) is 23.8 Å². The number of sulfonamides is 1. The van der Waals surface area contributed by atoms with Crippen molar-refractivity contribution >= 4 is 15.9 Å². The Hall–Kier alpha value is -1.44. The van der Waals surface area contributed by atoms with E-state index in [1.165, 1.54) is 0 Å². The highest BCUT2D eigenvalue weighted by Crippen LogP contribution is 2.28. The molecule has 1 amide bonds. The van der Waals surface area contributed by atoms with Crippen LogP contribution < -0.4 is 4.72 Å². The van der Waals surface area contributed by atoms with Gasteiger partial charge in [0.2, 0.25) is 15.9 Å². The normalized spacial score (nSPS) is 24.5. The molecule has 1 saturated carbocycles. The molecule has 6 nitrogen and oxygen atoms in total. The van der Waals surface area contributed by atoms with E-state index in [1.54, 1.807) is 12.1 Å². The lowest BCUT2D eigenvalue weighted by molar-refractivity contribution is -0.138. The second-order valence-electron chi connectivity index (χ2n) is 8.39. The monoisotopic (exact) mass is 407 g/mol. The summed E-state index contributed by atoms with van der Waals surface area (Å²) < 4.78 is 28.2. The standard InChI is InChI=1S/C21H33N3O3S/c1-16(2)23-12-14-24(15-13-23)21(25)18-8-10-19(11-9-18)22-28(26,27)20-7-5-4-6-17(20)3/h4-7,16,18-19,22H,8-15H2,1-3H3/t18-,19-. The quantitative estimate of drug-likeness (QED) is 0.814. The van der Waals surface area contributed by atoms with Crippen LogP contribution in [0.2, 0.25) is 0 Å². The number of nitrogens with zero attached hydrogens (tertiary/aromatic N) is 2. The summed E-state index contributed by atoms with van der Waals surface area (Å²) in [5, 5.41) is 0. The van der Waals surface area contributed by atoms with E-state index in [0.717, 1.165) is 44.6 Å². The van der Waals surface area contributed by atoms with Gasteiger partial charge in [0.1, 0.15) is 0 Å². The maximum absolute atomic E-state index is 12.9. The van der Waals surface area contributed by atoms with Gasteiger partial charge in [0, 0.05) is 44.2 Å². The van der Waals surface area contributed by atoms with Gasteiger partial charge in [-0.2, -0.15) is 0 Å². The van der Waals surface area contributed by atoms with Crippen molar-refractivity contribution in [3.05, 3.63) is 29.8 Å². The highest BCUT2D eigenvalue weighted by atomic mass is 32.2. The molecule has 156 valence electrons. The predicted octanol–water partition coefficient (Wildman–Crippen LogP) is 2.38. The molecule has 1 aliphatic carbocycles. The summed E-state index contributed by atoms with van der Waals surface area (Å²) in [4.78, 5) is 17.6. The zero-order valence-electron chi connectivity index (χ0n) is 17.2. The molecule has 0 spiro atoms. The Morgan fingerprint density at radius 2 is 1.64 bits per heavy atom. The van der Waals surface area contributed by atoms with Gasteiger partial charge >= 0.3 is 0 Å². The van der Waals surface area contributed by atoms with Gasteiger partial charge in [-0.3, -0.25) is 9.69 Å². The zero-order valence-corrected chi connectivity index (χ0v) is 18.0. The van der Waals surface area contributed by atoms with Crippen LogP contribution in [0.1, 0.15) is 45.1 Å². The van der Waals surface area contributed by atoms with Crippen LogP contribution in [-0.2, 0) is 14.8 Å². The van der Waals surface area contributed by atoms with E-state index in [1.807, 2.05) is 24.0 Å². The van der Waals surface area contributed by atoms with Crippen molar-refractivity contribution in [2.45, 2.75) is 63.4 Å². The molecule has 2 fully saturated rings. The summed E-state index contributed by atoms with van der Waals surface area (Å²) in [6.45, 7) is 9.67. The first kappa shape index (κ1) is 21.3. The molecule has 0 atom stereocenters. The molecule has 1 aromatic rings. The Labute approximate surface area is 169 Å². The van der Waals surface area contributed by atoms with Gasteiger partial charge in [0.05, 0.1) is 4.90 Å². The van der Waals surface area contributed by atoms with E-state index >= 15 is 0 Å². The summed E-state index contributed by atoms with van der Waals surface area (Å²) in [6.07, 6.45) is 2.94. The third kappa shape index (κ3) is 4.93. The van der Waals surface area contributed by atoms with Gasteiger partial charge in [-0.05, 0) is 58.1 Å². The fourth-order valence-corrected chi connectivity index (χ4v) is 5.87. The highest BCUT2D eigenvalue weighted by Gasteiger charge is 2.33. The van der Waals surface area contributed by atoms with Crippen LogP contribution in [0, 0.1) is 12.8 Å². The zero-order chi connectivity index (χ0) is 20.3. The summed E-state index contributed by atoms with van der Waals surface area (Å²) in [5.74, 6) is 0.286. The molecule has 0 unspecified atom stereocenters. The summed E-state index contributed by atoms with van der Waals surface area (Å²) in [6, 6.07) is 7.47. The molecule has 1 aliphatic heterocycles. The minimum atomic E-state index is -3.51. The third-order valence-corrected chi connectivity index (χ3v) is 7.82. The Bertz CT molecular complexity index is 778. The molecule has 3 rings (SSSR count). The van der Waals surface area contributed by atoms with E-state index in [-0.39, 0.29) is 17.9 Å². The number of amides is 1. The van der Waals surface area contributed by atoms with Crippen molar-refractivity contribution in [1.29, 1.82) is 0 Å². The van der Waals surface area contributed by atoms with Crippen LogP contribution in [0.4, 0.5) is 0 Å². The maximum atomic E-state index is 12.9. The molecule has 2 aliphatic rings. The van der Waals surface area contributed by atoms with Crippen LogP contribution in [0.15, 0.2) is 29.2 Å². The third-order valence-electron chi connectivity index (χ3n) is 6.14. The first-order valence-electron chi connectivity index (χ1n) is 10.4. The Morgan fingerprint density at radius 1 is 1.04 bits per heavy atom. The van der Waals surface area contributed by atoms with Gasteiger partial charge in [-0.1, -0.05) is 18.2 Å². The first-order valence-corrected chi connectivity index (χ1v) is 11.9. The van der Waals surface area contributed by atoms with Crippen molar-refractivity contribution in [2.75, 3.05) is 26.2 Å². The number of hydrogen-bond donors (Lipinski definition) is 1. The number of nitrogens with one attached hydrogen (secondary N) is 1. The van der Waals surface area contributed by atoms with Crippen molar-refractivity contribution in [3.63, 3.8) is 0 Å². The fourth-order valence-electron chi connectivity index (χ4n) is 4.32. The average Bonchev–Trinajstić information content (AvgIpc) is 2.68. The SMILES string of the molecule is Cc1ccccc1S(=O)(=O)N[C@H]1CC[C@H](C(=O)N2CCN(C(C)C)CC2)CC1. The summed E-state index contributed by atoms with van der Waals surface area (Å²) in [7, 11) is -3.51. The first-order chi connectivity index (χ1) is 13.3. The average molecular weight is 408 g/mol. The van der Waals surface area contributed by atoms with Gasteiger partial charge < -0.3 is 4.90 Å². The number of piperazine rings is 1. The second kappa shape index (κ2) is 8.93. The molecular formula is C21H33N3O3S. The molecule has 0 radical (unpaired) electrons. The van der Waals surface area contributed by atoms with Crippen molar-refractivity contribution in [3.8, 4) is 0 Å². The number of rotatable bonds is 5.